The Morgan fingerprint density at radius 2 is 0.756 bits per heavy atom. The van der Waals surface area contributed by atoms with Crippen LogP contribution >= 0.6 is 0 Å². The molecule has 10 rings (SSSR count). The van der Waals surface area contributed by atoms with Crippen LogP contribution in [-0.2, 0) is 5.41 Å². The Bertz CT molecular complexity index is 2430. The highest BCUT2D eigenvalue weighted by atomic mass is 14.5. The molecule has 0 aromatic heterocycles. The van der Waals surface area contributed by atoms with Gasteiger partial charge in [0.1, 0.15) is 0 Å². The first-order chi connectivity index (χ1) is 22.3. The molecule has 8 aromatic carbocycles. The summed E-state index contributed by atoms with van der Waals surface area (Å²) in [7, 11) is 0. The lowest BCUT2D eigenvalue weighted by Crippen LogP contribution is -2.25. The molecule has 45 heavy (non-hydrogen) atoms. The molecule has 8 aromatic rings. The molecule has 0 heteroatoms. The smallest absolute Gasteiger partial charge is 0.0619 e. The molecule has 0 atom stereocenters. The Morgan fingerprint density at radius 1 is 0.289 bits per heavy atom. The molecule has 0 unspecified atom stereocenters. The maximum absolute atomic E-state index is 2.52. The van der Waals surface area contributed by atoms with Gasteiger partial charge in [0, 0.05) is 0 Å². The fourth-order valence-corrected chi connectivity index (χ4v) is 8.50. The zero-order valence-corrected chi connectivity index (χ0v) is 24.7. The minimum Gasteiger partial charge on any atom is -0.0619 e. The van der Waals surface area contributed by atoms with Gasteiger partial charge in [0.2, 0.25) is 0 Å². The summed E-state index contributed by atoms with van der Waals surface area (Å²) in [5.41, 5.74) is 15.6. The molecular weight excluding hydrogens is 540 g/mol. The van der Waals surface area contributed by atoms with Crippen molar-refractivity contribution in [2.75, 3.05) is 0 Å². The fraction of sp³-hybridized carbons (Fsp3) is 0.0222. The van der Waals surface area contributed by atoms with Crippen LogP contribution in [0.4, 0.5) is 0 Å². The Labute approximate surface area is 262 Å². The second-order valence-corrected chi connectivity index (χ2v) is 12.4. The molecule has 0 heterocycles. The third-order valence-corrected chi connectivity index (χ3v) is 10.3. The van der Waals surface area contributed by atoms with E-state index in [1.807, 2.05) is 0 Å². The lowest BCUT2D eigenvalue weighted by Gasteiger charge is -2.31. The third kappa shape index (κ3) is 3.21. The second-order valence-electron chi connectivity index (χ2n) is 12.4. The van der Waals surface area contributed by atoms with E-state index in [2.05, 4.69) is 170 Å². The molecule has 1 spiro atoms. The van der Waals surface area contributed by atoms with Crippen molar-refractivity contribution in [3.05, 3.63) is 192 Å². The topological polar surface area (TPSA) is 0 Å². The highest BCUT2D eigenvalue weighted by Gasteiger charge is 2.52. The highest BCUT2D eigenvalue weighted by Crippen LogP contribution is 2.64. The minimum atomic E-state index is -0.360. The maximum atomic E-state index is 2.52. The number of benzene rings is 8. The molecule has 0 amide bonds. The summed E-state index contributed by atoms with van der Waals surface area (Å²) in [6.07, 6.45) is 0. The largest absolute Gasteiger partial charge is 0.0725 e. The van der Waals surface area contributed by atoms with E-state index in [9.17, 15) is 0 Å². The minimum absolute atomic E-state index is 0.360. The van der Waals surface area contributed by atoms with E-state index >= 15 is 0 Å². The molecule has 0 saturated carbocycles. The molecule has 0 fully saturated rings. The van der Waals surface area contributed by atoms with Crippen molar-refractivity contribution in [3.8, 4) is 44.5 Å². The average molecular weight is 569 g/mol. The van der Waals surface area contributed by atoms with Crippen LogP contribution in [0.3, 0.4) is 0 Å². The summed E-state index contributed by atoms with van der Waals surface area (Å²) in [5.74, 6) is 0. The van der Waals surface area contributed by atoms with Gasteiger partial charge in [0.15, 0.2) is 0 Å². The van der Waals surface area contributed by atoms with Crippen molar-refractivity contribution in [3.63, 3.8) is 0 Å². The number of fused-ring (bicyclic) bond motifs is 13. The average Bonchev–Trinajstić information content (AvgIpc) is 3.59. The number of hydrogen-bond donors (Lipinski definition) is 0. The van der Waals surface area contributed by atoms with Crippen LogP contribution in [0.5, 0.6) is 0 Å². The van der Waals surface area contributed by atoms with Gasteiger partial charge in [-0.1, -0.05) is 164 Å². The SMILES string of the molecule is c1ccc2c(c1)-c1ccccc1C21c2ccccc2-c2c1cc(-c1ccc(-c3cccc4ccccc34)cc1)c1ccccc21. The molecule has 0 radical (unpaired) electrons. The van der Waals surface area contributed by atoms with Gasteiger partial charge in [0.25, 0.3) is 0 Å². The number of hydrogen-bond acceptors (Lipinski definition) is 0. The van der Waals surface area contributed by atoms with Crippen LogP contribution in [0.1, 0.15) is 22.3 Å². The van der Waals surface area contributed by atoms with Gasteiger partial charge in [-0.25, -0.2) is 0 Å². The predicted octanol–water partition coefficient (Wildman–Crippen LogP) is 11.7. The predicted molar refractivity (Wildman–Crippen MR) is 189 cm³/mol. The zero-order valence-electron chi connectivity index (χ0n) is 24.7. The first-order valence-electron chi connectivity index (χ1n) is 15.8. The van der Waals surface area contributed by atoms with Gasteiger partial charge >= 0.3 is 0 Å². The zero-order chi connectivity index (χ0) is 29.5. The van der Waals surface area contributed by atoms with Gasteiger partial charge in [-0.3, -0.25) is 0 Å². The Morgan fingerprint density at radius 3 is 1.44 bits per heavy atom. The van der Waals surface area contributed by atoms with Gasteiger partial charge in [-0.2, -0.15) is 0 Å². The van der Waals surface area contributed by atoms with E-state index in [-0.39, 0.29) is 5.41 Å². The Balaban J connectivity index is 1.26. The van der Waals surface area contributed by atoms with E-state index in [1.165, 1.54) is 88.3 Å². The standard InChI is InChI=1S/C45H28/c1-2-14-32-29(12-1)13-11-20-33(32)30-24-26-31(27-25-30)39-28-43-44(37-18-4-3-15-34(37)39)38-19-7-10-23-42(38)45(43)40-21-8-5-16-35(40)36-17-6-9-22-41(36)45/h1-28H. The monoisotopic (exact) mass is 568 g/mol. The van der Waals surface area contributed by atoms with Gasteiger partial charge in [-0.15, -0.1) is 0 Å². The summed E-state index contributed by atoms with van der Waals surface area (Å²) < 4.78 is 0. The fourth-order valence-electron chi connectivity index (χ4n) is 8.50. The van der Waals surface area contributed by atoms with Crippen molar-refractivity contribution in [2.45, 2.75) is 5.41 Å². The lowest BCUT2D eigenvalue weighted by atomic mass is 9.70. The molecule has 0 saturated heterocycles. The summed E-state index contributed by atoms with van der Waals surface area (Å²) in [5, 5.41) is 5.16. The summed E-state index contributed by atoms with van der Waals surface area (Å²) >= 11 is 0. The van der Waals surface area contributed by atoms with Crippen LogP contribution in [-0.4, -0.2) is 0 Å². The molecule has 208 valence electrons. The number of rotatable bonds is 2. The van der Waals surface area contributed by atoms with Crippen molar-refractivity contribution < 1.29 is 0 Å². The third-order valence-electron chi connectivity index (χ3n) is 10.3. The van der Waals surface area contributed by atoms with Gasteiger partial charge < -0.3 is 0 Å². The van der Waals surface area contributed by atoms with E-state index in [0.717, 1.165) is 0 Å². The van der Waals surface area contributed by atoms with Gasteiger partial charge in [-0.05, 0) is 94.4 Å². The molecular formula is C45H28. The highest BCUT2D eigenvalue weighted by molar-refractivity contribution is 6.11. The summed E-state index contributed by atoms with van der Waals surface area (Å²) in [4.78, 5) is 0. The maximum Gasteiger partial charge on any atom is 0.0725 e. The second kappa shape index (κ2) is 9.14. The Kier molecular flexibility index (Phi) is 5.02. The van der Waals surface area contributed by atoms with E-state index in [1.54, 1.807) is 0 Å². The van der Waals surface area contributed by atoms with Crippen molar-refractivity contribution in [2.24, 2.45) is 0 Å². The van der Waals surface area contributed by atoms with Crippen molar-refractivity contribution in [1.82, 2.24) is 0 Å². The molecule has 0 nitrogen and oxygen atoms in total. The molecule has 0 bridgehead atoms. The van der Waals surface area contributed by atoms with Gasteiger partial charge in [0.05, 0.1) is 5.41 Å². The van der Waals surface area contributed by atoms with Crippen molar-refractivity contribution >= 4 is 21.5 Å². The van der Waals surface area contributed by atoms with Crippen molar-refractivity contribution in [1.29, 1.82) is 0 Å². The molecule has 2 aliphatic carbocycles. The van der Waals surface area contributed by atoms with Crippen LogP contribution in [0.15, 0.2) is 170 Å². The molecule has 2 aliphatic rings. The van der Waals surface area contributed by atoms with E-state index in [4.69, 9.17) is 0 Å². The molecule has 0 N–H and O–H groups in total. The van der Waals surface area contributed by atoms with E-state index in [0.29, 0.717) is 0 Å². The molecule has 0 aliphatic heterocycles. The van der Waals surface area contributed by atoms with E-state index < -0.39 is 0 Å². The van der Waals surface area contributed by atoms with Crippen LogP contribution in [0.25, 0.3) is 66.1 Å². The van der Waals surface area contributed by atoms with Crippen LogP contribution in [0.2, 0.25) is 0 Å². The van der Waals surface area contributed by atoms with Crippen LogP contribution < -0.4 is 0 Å². The normalized spacial score (nSPS) is 13.5. The summed E-state index contributed by atoms with van der Waals surface area (Å²) in [6, 6.07) is 63.2. The Hall–Kier alpha value is -5.72. The quantitative estimate of drug-likeness (QED) is 0.195. The first-order valence-corrected chi connectivity index (χ1v) is 15.8. The van der Waals surface area contributed by atoms with Crippen LogP contribution in [0, 0.1) is 0 Å². The summed E-state index contributed by atoms with van der Waals surface area (Å²) in [6.45, 7) is 0. The first kappa shape index (κ1) is 24.7. The lowest BCUT2D eigenvalue weighted by molar-refractivity contribution is 0.794.